The molecule has 1 aromatic carbocycles. The Labute approximate surface area is 105 Å². The van der Waals surface area contributed by atoms with E-state index in [1.807, 2.05) is 7.05 Å². The molecule has 2 nitrogen and oxygen atoms in total. The van der Waals surface area contributed by atoms with Gasteiger partial charge in [-0.2, -0.15) is 0 Å². The van der Waals surface area contributed by atoms with E-state index < -0.39 is 0 Å². The van der Waals surface area contributed by atoms with Crippen LogP contribution in [0.15, 0.2) is 24.3 Å². The molecule has 1 fully saturated rings. The van der Waals surface area contributed by atoms with Crippen LogP contribution in [0, 0.1) is 5.92 Å². The van der Waals surface area contributed by atoms with Crippen LogP contribution in [0.4, 0.5) is 5.69 Å². The summed E-state index contributed by atoms with van der Waals surface area (Å²) < 4.78 is 0. The zero-order valence-corrected chi connectivity index (χ0v) is 11.2. The van der Waals surface area contributed by atoms with Crippen molar-refractivity contribution in [2.75, 3.05) is 18.5 Å². The summed E-state index contributed by atoms with van der Waals surface area (Å²) in [7, 11) is 2.01. The van der Waals surface area contributed by atoms with Crippen LogP contribution in [0.25, 0.3) is 0 Å². The summed E-state index contributed by atoms with van der Waals surface area (Å²) in [6.45, 7) is 6.89. The molecule has 1 aromatic rings. The average Bonchev–Trinajstić information content (AvgIpc) is 2.34. The van der Waals surface area contributed by atoms with Crippen molar-refractivity contribution in [3.8, 4) is 0 Å². The Kier molecular flexibility index (Phi) is 4.06. The van der Waals surface area contributed by atoms with Crippen molar-refractivity contribution in [1.29, 1.82) is 0 Å². The van der Waals surface area contributed by atoms with E-state index in [4.69, 9.17) is 0 Å². The van der Waals surface area contributed by atoms with Crippen molar-refractivity contribution in [2.24, 2.45) is 5.92 Å². The Bertz CT molecular complexity index is 362. The molecule has 1 aliphatic heterocycles. The third-order valence-corrected chi connectivity index (χ3v) is 4.04. The van der Waals surface area contributed by atoms with Crippen molar-refractivity contribution in [1.82, 2.24) is 5.32 Å². The van der Waals surface area contributed by atoms with Gasteiger partial charge in [0.15, 0.2) is 0 Å². The summed E-state index contributed by atoms with van der Waals surface area (Å²) in [5.41, 5.74) is 2.83. The van der Waals surface area contributed by atoms with Crippen molar-refractivity contribution >= 4 is 5.69 Å². The van der Waals surface area contributed by atoms with E-state index in [2.05, 4.69) is 48.3 Å². The third kappa shape index (κ3) is 2.63. The molecular weight excluding hydrogens is 208 g/mol. The zero-order chi connectivity index (χ0) is 12.3. The molecule has 17 heavy (non-hydrogen) atoms. The zero-order valence-electron chi connectivity index (χ0n) is 11.2. The Balaban J connectivity index is 2.25. The molecule has 2 atom stereocenters. The molecule has 1 aliphatic rings. The van der Waals surface area contributed by atoms with Gasteiger partial charge < -0.3 is 10.2 Å². The molecule has 0 amide bonds. The van der Waals surface area contributed by atoms with Crippen LogP contribution in [0.1, 0.15) is 32.3 Å². The molecule has 1 N–H and O–H groups in total. The van der Waals surface area contributed by atoms with Crippen molar-refractivity contribution in [2.45, 2.75) is 39.3 Å². The quantitative estimate of drug-likeness (QED) is 0.861. The molecular formula is C15H24N2. The van der Waals surface area contributed by atoms with E-state index in [9.17, 15) is 0 Å². The molecule has 0 radical (unpaired) electrons. The maximum atomic E-state index is 3.26. The Hall–Kier alpha value is -1.02. The van der Waals surface area contributed by atoms with Gasteiger partial charge in [0.05, 0.1) is 0 Å². The number of hydrogen-bond donors (Lipinski definition) is 1. The number of rotatable bonds is 3. The molecule has 2 heteroatoms. The summed E-state index contributed by atoms with van der Waals surface area (Å²) >= 11 is 0. The van der Waals surface area contributed by atoms with Crippen molar-refractivity contribution in [3.63, 3.8) is 0 Å². The first-order valence-corrected chi connectivity index (χ1v) is 6.73. The highest BCUT2D eigenvalue weighted by molar-refractivity contribution is 5.54. The van der Waals surface area contributed by atoms with Gasteiger partial charge in [0.25, 0.3) is 0 Å². The normalized spacial score (nSPS) is 25.0. The fourth-order valence-electron chi connectivity index (χ4n) is 2.81. The standard InChI is InChI=1S/C15H24N2/c1-12-7-6-10-17(13(12)2)15-9-5-4-8-14(15)11-16-3/h4-5,8-9,12-13,16H,6-7,10-11H2,1-3H3. The molecule has 0 spiro atoms. The third-order valence-electron chi connectivity index (χ3n) is 4.04. The van der Waals surface area contributed by atoms with Crippen LogP contribution in [-0.4, -0.2) is 19.6 Å². The number of hydrogen-bond acceptors (Lipinski definition) is 2. The molecule has 2 rings (SSSR count). The SMILES string of the molecule is CNCc1ccccc1N1CCCC(C)C1C. The fourth-order valence-corrected chi connectivity index (χ4v) is 2.81. The number of benzene rings is 1. The summed E-state index contributed by atoms with van der Waals surface area (Å²) in [4.78, 5) is 2.58. The van der Waals surface area contributed by atoms with Gasteiger partial charge in [-0.3, -0.25) is 0 Å². The maximum absolute atomic E-state index is 3.26. The summed E-state index contributed by atoms with van der Waals surface area (Å²) in [5.74, 6) is 0.798. The van der Waals surface area contributed by atoms with Gasteiger partial charge in [0.1, 0.15) is 0 Å². The van der Waals surface area contributed by atoms with E-state index in [1.165, 1.54) is 30.6 Å². The lowest BCUT2D eigenvalue weighted by Gasteiger charge is -2.40. The monoisotopic (exact) mass is 232 g/mol. The predicted molar refractivity (Wildman–Crippen MR) is 74.4 cm³/mol. The molecule has 94 valence electrons. The molecule has 1 heterocycles. The Morgan fingerprint density at radius 1 is 1.29 bits per heavy atom. The highest BCUT2D eigenvalue weighted by atomic mass is 15.2. The van der Waals surface area contributed by atoms with Gasteiger partial charge in [-0.25, -0.2) is 0 Å². The first-order chi connectivity index (χ1) is 8.24. The van der Waals surface area contributed by atoms with Crippen molar-refractivity contribution in [3.05, 3.63) is 29.8 Å². The van der Waals surface area contributed by atoms with Crippen LogP contribution >= 0.6 is 0 Å². The van der Waals surface area contributed by atoms with Gasteiger partial charge in [-0.05, 0) is 44.4 Å². The number of piperidine rings is 1. The second-order valence-corrected chi connectivity index (χ2v) is 5.21. The summed E-state index contributed by atoms with van der Waals surface area (Å²) in [6, 6.07) is 9.44. The molecule has 0 aliphatic carbocycles. The van der Waals surface area contributed by atoms with Crippen LogP contribution in [0.3, 0.4) is 0 Å². The first-order valence-electron chi connectivity index (χ1n) is 6.73. The minimum Gasteiger partial charge on any atom is -0.368 e. The average molecular weight is 232 g/mol. The number of anilines is 1. The van der Waals surface area contributed by atoms with Gasteiger partial charge in [-0.1, -0.05) is 25.1 Å². The number of nitrogens with one attached hydrogen (secondary N) is 1. The Morgan fingerprint density at radius 3 is 2.82 bits per heavy atom. The minimum atomic E-state index is 0.654. The van der Waals surface area contributed by atoms with Gasteiger partial charge in [-0.15, -0.1) is 0 Å². The van der Waals surface area contributed by atoms with E-state index in [0.29, 0.717) is 6.04 Å². The second-order valence-electron chi connectivity index (χ2n) is 5.21. The highest BCUT2D eigenvalue weighted by Gasteiger charge is 2.25. The van der Waals surface area contributed by atoms with Crippen LogP contribution < -0.4 is 10.2 Å². The molecule has 0 aromatic heterocycles. The van der Waals surface area contributed by atoms with Gasteiger partial charge in [0.2, 0.25) is 0 Å². The smallest absolute Gasteiger partial charge is 0.0414 e. The largest absolute Gasteiger partial charge is 0.368 e. The molecule has 2 unspecified atom stereocenters. The van der Waals surface area contributed by atoms with Crippen LogP contribution in [0.5, 0.6) is 0 Å². The molecule has 0 bridgehead atoms. The van der Waals surface area contributed by atoms with Crippen molar-refractivity contribution < 1.29 is 0 Å². The van der Waals surface area contributed by atoms with Crippen LogP contribution in [-0.2, 0) is 6.54 Å². The van der Waals surface area contributed by atoms with Gasteiger partial charge in [0, 0.05) is 24.8 Å². The summed E-state index contributed by atoms with van der Waals surface area (Å²) in [6.07, 6.45) is 2.69. The van der Waals surface area contributed by atoms with Gasteiger partial charge >= 0.3 is 0 Å². The summed E-state index contributed by atoms with van der Waals surface area (Å²) in [5, 5.41) is 3.26. The highest BCUT2D eigenvalue weighted by Crippen LogP contribution is 2.30. The fraction of sp³-hybridized carbons (Fsp3) is 0.600. The Morgan fingerprint density at radius 2 is 2.06 bits per heavy atom. The second kappa shape index (κ2) is 5.54. The van der Waals surface area contributed by atoms with E-state index >= 15 is 0 Å². The molecule has 0 saturated carbocycles. The van der Waals surface area contributed by atoms with E-state index in [1.54, 1.807) is 0 Å². The number of para-hydroxylation sites is 1. The lowest BCUT2D eigenvalue weighted by molar-refractivity contribution is 0.363. The van der Waals surface area contributed by atoms with E-state index in [-0.39, 0.29) is 0 Å². The van der Waals surface area contributed by atoms with Crippen LogP contribution in [0.2, 0.25) is 0 Å². The predicted octanol–water partition coefficient (Wildman–Crippen LogP) is 3.03. The topological polar surface area (TPSA) is 15.3 Å². The lowest BCUT2D eigenvalue weighted by atomic mass is 9.91. The maximum Gasteiger partial charge on any atom is 0.0414 e. The minimum absolute atomic E-state index is 0.654. The van der Waals surface area contributed by atoms with E-state index in [0.717, 1.165) is 12.5 Å². The number of nitrogens with zero attached hydrogens (tertiary/aromatic N) is 1. The molecule has 1 saturated heterocycles. The first kappa shape index (κ1) is 12.4. The lowest BCUT2D eigenvalue weighted by Crippen LogP contribution is -2.43.